The first-order chi connectivity index (χ1) is 7.72. The van der Waals surface area contributed by atoms with E-state index in [-0.39, 0.29) is 0 Å². The summed E-state index contributed by atoms with van der Waals surface area (Å²) in [6.45, 7) is 0. The van der Waals surface area contributed by atoms with E-state index in [1.165, 1.54) is 11.8 Å². The van der Waals surface area contributed by atoms with Gasteiger partial charge in [-0.25, -0.2) is 4.99 Å². The highest BCUT2D eigenvalue weighted by Crippen LogP contribution is 2.33. The number of amidine groups is 1. The zero-order valence-electron chi connectivity index (χ0n) is 8.77. The van der Waals surface area contributed by atoms with Crippen LogP contribution in [0.1, 0.15) is 0 Å². The maximum absolute atomic E-state index is 6.13. The van der Waals surface area contributed by atoms with Crippen LogP contribution in [-0.4, -0.2) is 11.4 Å². The van der Waals surface area contributed by atoms with Gasteiger partial charge in [0.15, 0.2) is 5.17 Å². The van der Waals surface area contributed by atoms with E-state index >= 15 is 0 Å². The van der Waals surface area contributed by atoms with Gasteiger partial charge in [0.05, 0.1) is 10.7 Å². The van der Waals surface area contributed by atoms with Gasteiger partial charge in [0, 0.05) is 5.39 Å². The Morgan fingerprint density at radius 3 is 2.75 bits per heavy atom. The summed E-state index contributed by atoms with van der Waals surface area (Å²) in [5.41, 5.74) is 6.46. The molecule has 0 aliphatic heterocycles. The number of nitrogens with two attached hydrogens (primary N) is 1. The molecule has 0 saturated carbocycles. The highest BCUT2D eigenvalue weighted by molar-refractivity contribution is 8.13. The minimum Gasteiger partial charge on any atom is -0.378 e. The predicted molar refractivity (Wildman–Crippen MR) is 73.8 cm³/mol. The lowest BCUT2D eigenvalue weighted by Crippen LogP contribution is -2.04. The molecule has 0 unspecified atom stereocenters. The molecule has 0 saturated heterocycles. The number of halogens is 1. The third kappa shape index (κ3) is 2.15. The summed E-state index contributed by atoms with van der Waals surface area (Å²) in [7, 11) is 0. The van der Waals surface area contributed by atoms with Gasteiger partial charge in [-0.2, -0.15) is 0 Å². The van der Waals surface area contributed by atoms with Crippen molar-refractivity contribution < 1.29 is 0 Å². The van der Waals surface area contributed by atoms with Crippen LogP contribution in [0.4, 0.5) is 5.69 Å². The Balaban J connectivity index is 2.71. The Bertz CT molecular complexity index is 552. The standard InChI is InChI=1S/C12H11ClN2S/c1-16-12(14)15-11-9-5-3-2-4-8(9)6-7-10(11)13/h2-7H,1H3,(H2,14,15). The summed E-state index contributed by atoms with van der Waals surface area (Å²) in [4.78, 5) is 4.33. The average Bonchev–Trinajstić information content (AvgIpc) is 2.32. The van der Waals surface area contributed by atoms with Crippen molar-refractivity contribution in [1.29, 1.82) is 0 Å². The van der Waals surface area contributed by atoms with Gasteiger partial charge < -0.3 is 5.73 Å². The molecule has 2 nitrogen and oxygen atoms in total. The van der Waals surface area contributed by atoms with Gasteiger partial charge in [0.1, 0.15) is 0 Å². The van der Waals surface area contributed by atoms with Gasteiger partial charge in [0.25, 0.3) is 0 Å². The normalized spacial score (nSPS) is 12.0. The Morgan fingerprint density at radius 1 is 1.25 bits per heavy atom. The van der Waals surface area contributed by atoms with Crippen LogP contribution in [0.3, 0.4) is 0 Å². The third-order valence-corrected chi connectivity index (χ3v) is 3.10. The zero-order chi connectivity index (χ0) is 11.5. The number of aliphatic imine (C=N–C) groups is 1. The van der Waals surface area contributed by atoms with Crippen LogP contribution in [0.15, 0.2) is 41.4 Å². The molecule has 0 heterocycles. The molecule has 0 atom stereocenters. The molecule has 0 amide bonds. The van der Waals surface area contributed by atoms with Gasteiger partial charge in [-0.3, -0.25) is 0 Å². The smallest absolute Gasteiger partial charge is 0.158 e. The van der Waals surface area contributed by atoms with Crippen LogP contribution in [0.2, 0.25) is 5.02 Å². The number of hydrogen-bond donors (Lipinski definition) is 1. The molecule has 2 N–H and O–H groups in total. The molecule has 2 aromatic rings. The van der Waals surface area contributed by atoms with Crippen molar-refractivity contribution in [3.63, 3.8) is 0 Å². The number of fused-ring (bicyclic) bond motifs is 1. The van der Waals surface area contributed by atoms with Gasteiger partial charge in [-0.15, -0.1) is 0 Å². The highest BCUT2D eigenvalue weighted by Gasteiger charge is 2.05. The lowest BCUT2D eigenvalue weighted by atomic mass is 10.1. The van der Waals surface area contributed by atoms with Gasteiger partial charge in [-0.05, 0) is 17.7 Å². The molecule has 0 spiro atoms. The molecular weight excluding hydrogens is 240 g/mol. The molecule has 0 bridgehead atoms. The van der Waals surface area contributed by atoms with Gasteiger partial charge >= 0.3 is 0 Å². The Kier molecular flexibility index (Phi) is 3.36. The lowest BCUT2D eigenvalue weighted by Gasteiger charge is -2.05. The van der Waals surface area contributed by atoms with Gasteiger partial charge in [-0.1, -0.05) is 53.7 Å². The second-order valence-corrected chi connectivity index (χ2v) is 4.51. The van der Waals surface area contributed by atoms with Crippen molar-refractivity contribution >= 4 is 45.0 Å². The van der Waals surface area contributed by atoms with E-state index < -0.39 is 0 Å². The molecule has 16 heavy (non-hydrogen) atoms. The molecule has 2 aromatic carbocycles. The van der Waals surface area contributed by atoms with E-state index in [4.69, 9.17) is 17.3 Å². The van der Waals surface area contributed by atoms with Crippen molar-refractivity contribution in [2.45, 2.75) is 0 Å². The summed E-state index contributed by atoms with van der Waals surface area (Å²) in [5.74, 6) is 0. The van der Waals surface area contributed by atoms with E-state index in [2.05, 4.69) is 4.99 Å². The van der Waals surface area contributed by atoms with E-state index in [1.807, 2.05) is 42.7 Å². The van der Waals surface area contributed by atoms with Crippen LogP contribution in [0.5, 0.6) is 0 Å². The van der Waals surface area contributed by atoms with Crippen molar-refractivity contribution in [1.82, 2.24) is 0 Å². The van der Waals surface area contributed by atoms with Crippen LogP contribution >= 0.6 is 23.4 Å². The van der Waals surface area contributed by atoms with Crippen LogP contribution < -0.4 is 5.73 Å². The van der Waals surface area contributed by atoms with Gasteiger partial charge in [0.2, 0.25) is 0 Å². The summed E-state index contributed by atoms with van der Waals surface area (Å²) in [6.07, 6.45) is 1.89. The second kappa shape index (κ2) is 4.76. The van der Waals surface area contributed by atoms with E-state index in [0.29, 0.717) is 10.2 Å². The molecule has 0 aromatic heterocycles. The summed E-state index contributed by atoms with van der Waals surface area (Å²) in [5, 5.41) is 3.26. The fourth-order valence-corrected chi connectivity index (χ4v) is 1.89. The molecular formula is C12H11ClN2S. The van der Waals surface area contributed by atoms with Crippen molar-refractivity contribution in [2.75, 3.05) is 6.26 Å². The number of thioether (sulfide) groups is 1. The number of benzene rings is 2. The van der Waals surface area contributed by atoms with Crippen LogP contribution in [0, 0.1) is 0 Å². The van der Waals surface area contributed by atoms with E-state index in [0.717, 1.165) is 16.5 Å². The zero-order valence-corrected chi connectivity index (χ0v) is 10.3. The molecule has 4 heteroatoms. The molecule has 0 aliphatic carbocycles. The predicted octanol–water partition coefficient (Wildman–Crippen LogP) is 3.80. The molecule has 2 rings (SSSR count). The van der Waals surface area contributed by atoms with Crippen molar-refractivity contribution in [3.05, 3.63) is 41.4 Å². The Hall–Kier alpha value is -1.19. The first kappa shape index (κ1) is 11.3. The number of nitrogens with zero attached hydrogens (tertiary/aromatic N) is 1. The molecule has 0 fully saturated rings. The quantitative estimate of drug-likeness (QED) is 0.618. The number of hydrogen-bond acceptors (Lipinski definition) is 2. The summed E-state index contributed by atoms with van der Waals surface area (Å²) >= 11 is 7.54. The fourth-order valence-electron chi connectivity index (χ4n) is 1.50. The number of rotatable bonds is 1. The SMILES string of the molecule is CSC(N)=Nc1c(Cl)ccc2ccccc12. The second-order valence-electron chi connectivity index (χ2n) is 3.27. The first-order valence-corrected chi connectivity index (χ1v) is 6.38. The molecule has 0 aliphatic rings. The highest BCUT2D eigenvalue weighted by atomic mass is 35.5. The van der Waals surface area contributed by atoms with Crippen molar-refractivity contribution in [3.8, 4) is 0 Å². The third-order valence-electron chi connectivity index (χ3n) is 2.28. The maximum Gasteiger partial charge on any atom is 0.158 e. The average molecular weight is 251 g/mol. The molecule has 0 radical (unpaired) electrons. The molecule has 82 valence electrons. The maximum atomic E-state index is 6.13. The minimum absolute atomic E-state index is 0.512. The largest absolute Gasteiger partial charge is 0.378 e. The monoisotopic (exact) mass is 250 g/mol. The minimum atomic E-state index is 0.512. The topological polar surface area (TPSA) is 38.4 Å². The van der Waals surface area contributed by atoms with E-state index in [1.54, 1.807) is 0 Å². The summed E-state index contributed by atoms with van der Waals surface area (Å²) in [6, 6.07) is 11.8. The lowest BCUT2D eigenvalue weighted by molar-refractivity contribution is 1.54. The van der Waals surface area contributed by atoms with Crippen molar-refractivity contribution in [2.24, 2.45) is 10.7 Å². The fraction of sp³-hybridized carbons (Fsp3) is 0.0833. The first-order valence-electron chi connectivity index (χ1n) is 4.78. The Morgan fingerprint density at radius 2 is 2.00 bits per heavy atom. The van der Waals surface area contributed by atoms with Crippen LogP contribution in [0.25, 0.3) is 10.8 Å². The van der Waals surface area contributed by atoms with Crippen LogP contribution in [-0.2, 0) is 0 Å². The summed E-state index contributed by atoms with van der Waals surface area (Å²) < 4.78 is 0. The van der Waals surface area contributed by atoms with E-state index in [9.17, 15) is 0 Å². The Labute approximate surface area is 104 Å².